The van der Waals surface area contributed by atoms with Crippen molar-refractivity contribution in [1.29, 1.82) is 0 Å². The van der Waals surface area contributed by atoms with Crippen LogP contribution in [-0.2, 0) is 5.60 Å². The zero-order valence-corrected chi connectivity index (χ0v) is 12.3. The van der Waals surface area contributed by atoms with E-state index in [4.69, 9.17) is 0 Å². The largest absolute Gasteiger partial charge is 0.386 e. The van der Waals surface area contributed by atoms with Crippen LogP contribution in [0.3, 0.4) is 0 Å². The molecule has 2 aromatic rings. The number of hydrogen-bond donors (Lipinski definition) is 1. The summed E-state index contributed by atoms with van der Waals surface area (Å²) in [5, 5.41) is 9.49. The predicted molar refractivity (Wildman–Crippen MR) is 82.2 cm³/mol. The van der Waals surface area contributed by atoms with Crippen molar-refractivity contribution in [3.63, 3.8) is 0 Å². The first-order valence-electron chi connectivity index (χ1n) is 6.74. The minimum atomic E-state index is -0.707. The highest BCUT2D eigenvalue weighted by atomic mass is 16.3. The van der Waals surface area contributed by atoms with Crippen LogP contribution in [0, 0.1) is 0 Å². The Balaban J connectivity index is 0.000000191. The van der Waals surface area contributed by atoms with Gasteiger partial charge in [-0.1, -0.05) is 74.5 Å². The highest BCUT2D eigenvalue weighted by Gasteiger charge is 2.13. The van der Waals surface area contributed by atoms with Gasteiger partial charge in [-0.15, -0.1) is 0 Å². The van der Waals surface area contributed by atoms with E-state index in [2.05, 4.69) is 38.1 Å². The molecule has 102 valence electrons. The van der Waals surface area contributed by atoms with Crippen molar-refractivity contribution in [2.45, 2.75) is 39.2 Å². The molecule has 0 aliphatic rings. The van der Waals surface area contributed by atoms with Gasteiger partial charge in [-0.05, 0) is 30.9 Å². The first-order chi connectivity index (χ1) is 8.91. The first-order valence-corrected chi connectivity index (χ1v) is 6.74. The molecule has 0 aromatic heterocycles. The van der Waals surface area contributed by atoms with Crippen molar-refractivity contribution in [1.82, 2.24) is 0 Å². The molecule has 1 nitrogen and oxygen atoms in total. The van der Waals surface area contributed by atoms with E-state index in [1.165, 1.54) is 5.56 Å². The van der Waals surface area contributed by atoms with Gasteiger partial charge >= 0.3 is 0 Å². The Morgan fingerprint density at radius 1 is 0.789 bits per heavy atom. The zero-order valence-electron chi connectivity index (χ0n) is 12.3. The fourth-order valence-corrected chi connectivity index (χ4v) is 1.68. The van der Waals surface area contributed by atoms with Crippen LogP contribution in [0.1, 0.15) is 44.7 Å². The van der Waals surface area contributed by atoms with Crippen molar-refractivity contribution >= 4 is 0 Å². The van der Waals surface area contributed by atoms with E-state index >= 15 is 0 Å². The van der Waals surface area contributed by atoms with Gasteiger partial charge in [-0.3, -0.25) is 0 Å². The summed E-state index contributed by atoms with van der Waals surface area (Å²) in [5.41, 5.74) is 1.66. The summed E-state index contributed by atoms with van der Waals surface area (Å²) in [7, 11) is 0. The summed E-state index contributed by atoms with van der Waals surface area (Å²) in [6.45, 7) is 7.97. The second-order valence-corrected chi connectivity index (χ2v) is 5.49. The highest BCUT2D eigenvalue weighted by Crippen LogP contribution is 2.17. The molecular weight excluding hydrogens is 232 g/mol. The monoisotopic (exact) mass is 256 g/mol. The molecule has 0 unspecified atom stereocenters. The number of hydrogen-bond acceptors (Lipinski definition) is 1. The standard InChI is InChI=1S/C9H12O.C9H12/c1-9(2,10)8-6-4-3-5-7-8;1-8(2)9-6-4-3-5-7-9/h3-7,10H,1-2H3;3-8H,1-2H3. The van der Waals surface area contributed by atoms with E-state index in [0.29, 0.717) is 5.92 Å². The molecule has 0 fully saturated rings. The lowest BCUT2D eigenvalue weighted by atomic mass is 9.99. The maximum atomic E-state index is 9.49. The van der Waals surface area contributed by atoms with Gasteiger partial charge in [0, 0.05) is 0 Å². The summed E-state index contributed by atoms with van der Waals surface area (Å²) >= 11 is 0. The Labute approximate surface area is 116 Å². The van der Waals surface area contributed by atoms with Crippen LogP contribution in [0.25, 0.3) is 0 Å². The molecule has 1 heteroatoms. The van der Waals surface area contributed by atoms with Gasteiger partial charge in [0.25, 0.3) is 0 Å². The van der Waals surface area contributed by atoms with Crippen LogP contribution in [0.4, 0.5) is 0 Å². The summed E-state index contributed by atoms with van der Waals surface area (Å²) in [6.07, 6.45) is 0. The highest BCUT2D eigenvalue weighted by molar-refractivity contribution is 5.20. The molecule has 0 heterocycles. The molecule has 0 aliphatic heterocycles. The van der Waals surface area contributed by atoms with E-state index in [1.54, 1.807) is 13.8 Å². The molecule has 0 saturated heterocycles. The maximum Gasteiger partial charge on any atom is 0.0840 e. The summed E-state index contributed by atoms with van der Waals surface area (Å²) < 4.78 is 0. The van der Waals surface area contributed by atoms with Gasteiger partial charge in [0.05, 0.1) is 5.60 Å². The molecule has 0 saturated carbocycles. The average molecular weight is 256 g/mol. The second kappa shape index (κ2) is 7.10. The maximum absolute atomic E-state index is 9.49. The molecule has 1 N–H and O–H groups in total. The lowest BCUT2D eigenvalue weighted by Crippen LogP contribution is -2.14. The van der Waals surface area contributed by atoms with Gasteiger partial charge in [-0.25, -0.2) is 0 Å². The molecule has 2 rings (SSSR count). The van der Waals surface area contributed by atoms with Crippen LogP contribution in [0.5, 0.6) is 0 Å². The summed E-state index contributed by atoms with van der Waals surface area (Å²) in [4.78, 5) is 0. The first kappa shape index (κ1) is 15.5. The second-order valence-electron chi connectivity index (χ2n) is 5.49. The molecule has 0 amide bonds. The van der Waals surface area contributed by atoms with Crippen LogP contribution in [0.2, 0.25) is 0 Å². The third-order valence-corrected chi connectivity index (χ3v) is 2.95. The predicted octanol–water partition coefficient (Wildman–Crippen LogP) is 4.72. The third-order valence-electron chi connectivity index (χ3n) is 2.95. The van der Waals surface area contributed by atoms with E-state index in [1.807, 2.05) is 36.4 Å². The minimum Gasteiger partial charge on any atom is -0.386 e. The zero-order chi connectivity index (χ0) is 14.3. The molecule has 0 atom stereocenters. The third kappa shape index (κ3) is 5.71. The topological polar surface area (TPSA) is 20.2 Å². The Bertz CT molecular complexity index is 452. The lowest BCUT2D eigenvalue weighted by Gasteiger charge is -2.16. The minimum absolute atomic E-state index is 0.659. The van der Waals surface area contributed by atoms with Crippen LogP contribution in [-0.4, -0.2) is 5.11 Å². The van der Waals surface area contributed by atoms with Gasteiger partial charge in [0.2, 0.25) is 0 Å². The molecule has 0 aliphatic carbocycles. The molecule has 0 bridgehead atoms. The van der Waals surface area contributed by atoms with Crippen LogP contribution < -0.4 is 0 Å². The Morgan fingerprint density at radius 2 is 1.21 bits per heavy atom. The average Bonchev–Trinajstić information content (AvgIpc) is 2.40. The molecule has 2 aromatic carbocycles. The number of aliphatic hydroxyl groups is 1. The van der Waals surface area contributed by atoms with Crippen molar-refractivity contribution in [3.05, 3.63) is 71.8 Å². The Hall–Kier alpha value is -1.60. The van der Waals surface area contributed by atoms with Crippen molar-refractivity contribution in [3.8, 4) is 0 Å². The Kier molecular flexibility index (Phi) is 5.78. The fraction of sp³-hybridized carbons (Fsp3) is 0.333. The summed E-state index contributed by atoms with van der Waals surface area (Å²) in [5.74, 6) is 0.659. The van der Waals surface area contributed by atoms with Gasteiger partial charge < -0.3 is 5.11 Å². The summed E-state index contributed by atoms with van der Waals surface area (Å²) in [6, 6.07) is 20.1. The SMILES string of the molecule is CC(C)(O)c1ccccc1.CC(C)c1ccccc1. The smallest absolute Gasteiger partial charge is 0.0840 e. The molecule has 19 heavy (non-hydrogen) atoms. The van der Waals surface area contributed by atoms with E-state index < -0.39 is 5.60 Å². The normalized spacial score (nSPS) is 10.8. The fourth-order valence-electron chi connectivity index (χ4n) is 1.68. The van der Waals surface area contributed by atoms with Gasteiger partial charge in [-0.2, -0.15) is 0 Å². The molecule has 0 radical (unpaired) electrons. The molecule has 0 spiro atoms. The Morgan fingerprint density at radius 3 is 1.47 bits per heavy atom. The van der Waals surface area contributed by atoms with Crippen LogP contribution in [0.15, 0.2) is 60.7 Å². The molecular formula is C18H24O. The lowest BCUT2D eigenvalue weighted by molar-refractivity contribution is 0.0786. The van der Waals surface area contributed by atoms with Crippen molar-refractivity contribution < 1.29 is 5.11 Å². The van der Waals surface area contributed by atoms with Gasteiger partial charge in [0.15, 0.2) is 0 Å². The van der Waals surface area contributed by atoms with E-state index in [9.17, 15) is 5.11 Å². The van der Waals surface area contributed by atoms with Crippen molar-refractivity contribution in [2.75, 3.05) is 0 Å². The van der Waals surface area contributed by atoms with Crippen LogP contribution >= 0.6 is 0 Å². The number of rotatable bonds is 2. The van der Waals surface area contributed by atoms with E-state index in [-0.39, 0.29) is 0 Å². The number of benzene rings is 2. The van der Waals surface area contributed by atoms with E-state index in [0.717, 1.165) is 5.56 Å². The van der Waals surface area contributed by atoms with Crippen molar-refractivity contribution in [2.24, 2.45) is 0 Å². The van der Waals surface area contributed by atoms with Gasteiger partial charge in [0.1, 0.15) is 0 Å². The quantitative estimate of drug-likeness (QED) is 0.824.